The van der Waals surface area contributed by atoms with Crippen LogP contribution in [0.25, 0.3) is 11.3 Å². The molecule has 0 amide bonds. The fourth-order valence-electron chi connectivity index (χ4n) is 2.99. The van der Waals surface area contributed by atoms with Crippen LogP contribution in [0.1, 0.15) is 24.4 Å². The van der Waals surface area contributed by atoms with Crippen LogP contribution in [0.5, 0.6) is 0 Å². The predicted octanol–water partition coefficient (Wildman–Crippen LogP) is 3.55. The van der Waals surface area contributed by atoms with E-state index in [0.717, 1.165) is 36.8 Å². The molecule has 0 atom stereocenters. The highest BCUT2D eigenvalue weighted by molar-refractivity contribution is 7.14. The molecule has 0 unspecified atom stereocenters. The largest absolute Gasteiger partial charge is 0.348 e. The minimum absolute atomic E-state index is 0.463. The van der Waals surface area contributed by atoms with Gasteiger partial charge in [-0.05, 0) is 19.8 Å². The molecule has 0 saturated carbocycles. The summed E-state index contributed by atoms with van der Waals surface area (Å²) in [7, 11) is 0. The smallest absolute Gasteiger partial charge is 0.185 e. The van der Waals surface area contributed by atoms with Gasteiger partial charge < -0.3 is 4.90 Å². The van der Waals surface area contributed by atoms with Gasteiger partial charge in [0.15, 0.2) is 5.13 Å². The molecule has 0 N–H and O–H groups in total. The van der Waals surface area contributed by atoms with E-state index < -0.39 is 0 Å². The first-order valence-corrected chi connectivity index (χ1v) is 8.79. The molecular formula is C17H19N5S. The van der Waals surface area contributed by atoms with Crippen molar-refractivity contribution in [2.75, 3.05) is 18.0 Å². The summed E-state index contributed by atoms with van der Waals surface area (Å²) in [5.41, 5.74) is 3.54. The molecule has 1 fully saturated rings. The topological polar surface area (TPSA) is 46.8 Å². The average Bonchev–Trinajstić information content (AvgIpc) is 3.28. The summed E-state index contributed by atoms with van der Waals surface area (Å²) in [5, 5.41) is 7.54. The second-order valence-electron chi connectivity index (χ2n) is 5.98. The number of aryl methyl sites for hydroxylation is 1. The first kappa shape index (κ1) is 14.4. The zero-order chi connectivity index (χ0) is 15.6. The van der Waals surface area contributed by atoms with Gasteiger partial charge in [0.25, 0.3) is 0 Å². The predicted molar refractivity (Wildman–Crippen MR) is 92.8 cm³/mol. The summed E-state index contributed by atoms with van der Waals surface area (Å²) >= 11 is 1.73. The molecule has 3 heterocycles. The highest BCUT2D eigenvalue weighted by atomic mass is 32.1. The summed E-state index contributed by atoms with van der Waals surface area (Å²) in [4.78, 5) is 11.3. The van der Waals surface area contributed by atoms with E-state index in [1.807, 2.05) is 11.0 Å². The Morgan fingerprint density at radius 2 is 1.91 bits per heavy atom. The highest BCUT2D eigenvalue weighted by Crippen LogP contribution is 2.31. The van der Waals surface area contributed by atoms with Crippen molar-refractivity contribution in [3.63, 3.8) is 0 Å². The van der Waals surface area contributed by atoms with Gasteiger partial charge >= 0.3 is 0 Å². The van der Waals surface area contributed by atoms with Crippen molar-refractivity contribution in [3.8, 4) is 11.3 Å². The fraction of sp³-hybridized carbons (Fsp3) is 0.353. The Morgan fingerprint density at radius 3 is 2.61 bits per heavy atom. The van der Waals surface area contributed by atoms with E-state index in [2.05, 4.69) is 51.6 Å². The van der Waals surface area contributed by atoms with E-state index in [0.29, 0.717) is 6.04 Å². The van der Waals surface area contributed by atoms with E-state index >= 15 is 0 Å². The van der Waals surface area contributed by atoms with Crippen molar-refractivity contribution >= 4 is 16.5 Å². The number of hydrogen-bond acceptors (Lipinski definition) is 5. The normalized spacial score (nSPS) is 16.0. The molecular weight excluding hydrogens is 306 g/mol. The van der Waals surface area contributed by atoms with Crippen LogP contribution in [-0.2, 0) is 0 Å². The molecule has 0 radical (unpaired) electrons. The van der Waals surface area contributed by atoms with Crippen molar-refractivity contribution in [1.82, 2.24) is 19.7 Å². The lowest BCUT2D eigenvalue weighted by atomic mass is 10.1. The van der Waals surface area contributed by atoms with E-state index in [-0.39, 0.29) is 0 Å². The second-order valence-corrected chi connectivity index (χ2v) is 6.81. The van der Waals surface area contributed by atoms with Gasteiger partial charge in [0.05, 0.1) is 11.7 Å². The van der Waals surface area contributed by atoms with Crippen molar-refractivity contribution in [2.45, 2.75) is 25.8 Å². The summed E-state index contributed by atoms with van der Waals surface area (Å²) in [5.74, 6) is 0. The van der Waals surface area contributed by atoms with Gasteiger partial charge in [-0.25, -0.2) is 14.6 Å². The van der Waals surface area contributed by atoms with E-state index in [1.54, 1.807) is 17.7 Å². The quantitative estimate of drug-likeness (QED) is 0.739. The van der Waals surface area contributed by atoms with Crippen LogP contribution in [0, 0.1) is 6.92 Å². The molecule has 4 rings (SSSR count). The van der Waals surface area contributed by atoms with Crippen molar-refractivity contribution in [1.29, 1.82) is 0 Å². The summed E-state index contributed by atoms with van der Waals surface area (Å²) in [6.45, 7) is 4.15. The van der Waals surface area contributed by atoms with Crippen LogP contribution in [0.4, 0.5) is 5.13 Å². The number of hydrogen-bond donors (Lipinski definition) is 0. The second kappa shape index (κ2) is 6.12. The number of thiazole rings is 1. The standard InChI is InChI=1S/C17H19N5S/c1-13-2-4-14(5-3-13)16-10-23-17(20-16)21-8-6-15(7-9-21)22-12-18-11-19-22/h2-5,10-12,15H,6-9H2,1H3. The van der Waals surface area contributed by atoms with Gasteiger partial charge in [0, 0.05) is 24.0 Å². The summed E-state index contributed by atoms with van der Waals surface area (Å²) in [6, 6.07) is 9.02. The first-order valence-electron chi connectivity index (χ1n) is 7.91. The molecule has 6 heteroatoms. The number of aromatic nitrogens is 4. The molecule has 1 aliphatic rings. The Kier molecular flexibility index (Phi) is 3.83. The minimum atomic E-state index is 0.463. The maximum absolute atomic E-state index is 4.83. The lowest BCUT2D eigenvalue weighted by Crippen LogP contribution is -2.34. The van der Waals surface area contributed by atoms with Crippen LogP contribution >= 0.6 is 11.3 Å². The fourth-order valence-corrected chi connectivity index (χ4v) is 3.88. The highest BCUT2D eigenvalue weighted by Gasteiger charge is 2.22. The molecule has 1 aliphatic heterocycles. The molecule has 3 aromatic rings. The number of piperidine rings is 1. The maximum atomic E-state index is 4.83. The lowest BCUT2D eigenvalue weighted by Gasteiger charge is -2.31. The molecule has 0 aliphatic carbocycles. The molecule has 5 nitrogen and oxygen atoms in total. The molecule has 0 bridgehead atoms. The number of nitrogens with zero attached hydrogens (tertiary/aromatic N) is 5. The number of rotatable bonds is 3. The third-order valence-corrected chi connectivity index (χ3v) is 5.29. The third-order valence-electron chi connectivity index (χ3n) is 4.39. The number of anilines is 1. The van der Waals surface area contributed by atoms with Crippen LogP contribution < -0.4 is 4.90 Å². The van der Waals surface area contributed by atoms with Crippen LogP contribution in [-0.4, -0.2) is 32.8 Å². The lowest BCUT2D eigenvalue weighted by molar-refractivity contribution is 0.366. The minimum Gasteiger partial charge on any atom is -0.348 e. The molecule has 1 saturated heterocycles. The maximum Gasteiger partial charge on any atom is 0.185 e. The Bertz CT molecular complexity index is 755. The van der Waals surface area contributed by atoms with Gasteiger partial charge in [-0.1, -0.05) is 29.8 Å². The number of benzene rings is 1. The van der Waals surface area contributed by atoms with Crippen molar-refractivity contribution < 1.29 is 0 Å². The third kappa shape index (κ3) is 2.99. The molecule has 0 spiro atoms. The Hall–Kier alpha value is -2.21. The molecule has 23 heavy (non-hydrogen) atoms. The Morgan fingerprint density at radius 1 is 1.13 bits per heavy atom. The Labute approximate surface area is 139 Å². The average molecular weight is 325 g/mol. The SMILES string of the molecule is Cc1ccc(-c2csc(N3CCC(n4cncn4)CC3)n2)cc1. The summed E-state index contributed by atoms with van der Waals surface area (Å²) < 4.78 is 1.98. The van der Waals surface area contributed by atoms with E-state index in [4.69, 9.17) is 4.98 Å². The van der Waals surface area contributed by atoms with Gasteiger partial charge in [-0.2, -0.15) is 5.10 Å². The monoisotopic (exact) mass is 325 g/mol. The summed E-state index contributed by atoms with van der Waals surface area (Å²) in [6.07, 6.45) is 5.60. The van der Waals surface area contributed by atoms with E-state index in [9.17, 15) is 0 Å². The first-order chi connectivity index (χ1) is 11.3. The van der Waals surface area contributed by atoms with Crippen molar-refractivity contribution in [3.05, 3.63) is 47.9 Å². The van der Waals surface area contributed by atoms with Gasteiger partial charge in [-0.15, -0.1) is 11.3 Å². The van der Waals surface area contributed by atoms with Crippen LogP contribution in [0.3, 0.4) is 0 Å². The van der Waals surface area contributed by atoms with Gasteiger partial charge in [0.2, 0.25) is 0 Å². The zero-order valence-electron chi connectivity index (χ0n) is 13.1. The molecule has 1 aromatic carbocycles. The van der Waals surface area contributed by atoms with E-state index in [1.165, 1.54) is 11.1 Å². The van der Waals surface area contributed by atoms with Gasteiger partial charge in [-0.3, -0.25) is 0 Å². The van der Waals surface area contributed by atoms with Gasteiger partial charge in [0.1, 0.15) is 12.7 Å². The molecule has 118 valence electrons. The van der Waals surface area contributed by atoms with Crippen LogP contribution in [0.2, 0.25) is 0 Å². The molecule has 2 aromatic heterocycles. The Balaban J connectivity index is 1.45. The zero-order valence-corrected chi connectivity index (χ0v) is 13.9. The van der Waals surface area contributed by atoms with Crippen LogP contribution in [0.15, 0.2) is 42.3 Å². The van der Waals surface area contributed by atoms with Crippen molar-refractivity contribution in [2.24, 2.45) is 0 Å².